The van der Waals surface area contributed by atoms with E-state index in [1.54, 1.807) is 29.2 Å². The summed E-state index contributed by atoms with van der Waals surface area (Å²) in [5.74, 6) is -1.03. The van der Waals surface area contributed by atoms with Crippen LogP contribution in [0.2, 0.25) is 5.02 Å². The van der Waals surface area contributed by atoms with Crippen molar-refractivity contribution in [2.24, 2.45) is 0 Å². The number of hydrogen-bond donors (Lipinski definition) is 2. The van der Waals surface area contributed by atoms with Crippen LogP contribution < -0.4 is 15.3 Å². The van der Waals surface area contributed by atoms with E-state index in [9.17, 15) is 22.8 Å². The Kier molecular flexibility index (Phi) is 6.33. The van der Waals surface area contributed by atoms with Crippen molar-refractivity contribution in [2.45, 2.75) is 6.18 Å². The minimum absolute atomic E-state index is 0.117. The average molecular weight is 440 g/mol. The summed E-state index contributed by atoms with van der Waals surface area (Å²) in [5, 5.41) is 8.20. The first kappa shape index (κ1) is 21.7. The molecule has 2 aromatic rings. The number of carbonyl (C=O) groups excluding carboxylic acids is 2. The van der Waals surface area contributed by atoms with E-state index >= 15 is 0 Å². The molecule has 3 rings (SSSR count). The molecular weight excluding hydrogens is 423 g/mol. The predicted molar refractivity (Wildman–Crippen MR) is 106 cm³/mol. The van der Waals surface area contributed by atoms with Crippen LogP contribution in [-0.2, 0) is 15.8 Å². The summed E-state index contributed by atoms with van der Waals surface area (Å²) < 4.78 is 39.4. The van der Waals surface area contributed by atoms with E-state index in [1.165, 1.54) is 28.6 Å². The SMILES string of the molecule is O=C(C=Cc1ccccc1N1CCN(c2ccc(Cl)c(C(F)(F)F)c2)CC1=O)NO. The third kappa shape index (κ3) is 4.74. The highest BCUT2D eigenvalue weighted by atomic mass is 35.5. The van der Waals surface area contributed by atoms with Gasteiger partial charge in [-0.1, -0.05) is 29.8 Å². The van der Waals surface area contributed by atoms with Crippen LogP contribution in [0, 0.1) is 0 Å². The molecule has 1 heterocycles. The Bertz CT molecular complexity index is 995. The molecule has 158 valence electrons. The fraction of sp³-hybridized carbons (Fsp3) is 0.200. The summed E-state index contributed by atoms with van der Waals surface area (Å²) in [6, 6.07) is 10.4. The van der Waals surface area contributed by atoms with E-state index in [-0.39, 0.29) is 24.7 Å². The molecule has 10 heteroatoms. The number of carbonyl (C=O) groups is 2. The van der Waals surface area contributed by atoms with Gasteiger partial charge in [0.1, 0.15) is 0 Å². The maximum Gasteiger partial charge on any atom is 0.417 e. The lowest BCUT2D eigenvalue weighted by atomic mass is 10.1. The highest BCUT2D eigenvalue weighted by Crippen LogP contribution is 2.37. The van der Waals surface area contributed by atoms with Gasteiger partial charge in [0.15, 0.2) is 0 Å². The number of amides is 2. The topological polar surface area (TPSA) is 72.9 Å². The van der Waals surface area contributed by atoms with Gasteiger partial charge in [0.2, 0.25) is 5.91 Å². The second-order valence-corrected chi connectivity index (χ2v) is 6.90. The first-order chi connectivity index (χ1) is 14.2. The molecule has 0 radical (unpaired) electrons. The van der Waals surface area contributed by atoms with Crippen molar-refractivity contribution >= 4 is 40.9 Å². The summed E-state index contributed by atoms with van der Waals surface area (Å²) >= 11 is 5.67. The standard InChI is InChI=1S/C20H17ClF3N3O3/c21-16-7-6-14(11-15(16)20(22,23)24)26-9-10-27(19(29)12-26)17-4-2-1-3-13(17)5-8-18(28)25-30/h1-8,11,30H,9-10,12H2,(H,25,28). The van der Waals surface area contributed by atoms with Gasteiger partial charge < -0.3 is 9.80 Å². The lowest BCUT2D eigenvalue weighted by Crippen LogP contribution is -2.51. The van der Waals surface area contributed by atoms with Crippen molar-refractivity contribution in [2.75, 3.05) is 29.4 Å². The number of halogens is 4. The van der Waals surface area contributed by atoms with Crippen LogP contribution in [0.3, 0.4) is 0 Å². The lowest BCUT2D eigenvalue weighted by Gasteiger charge is -2.36. The minimum atomic E-state index is -4.59. The van der Waals surface area contributed by atoms with Gasteiger partial charge >= 0.3 is 6.18 Å². The van der Waals surface area contributed by atoms with Crippen molar-refractivity contribution in [1.82, 2.24) is 5.48 Å². The number of para-hydroxylation sites is 1. The molecule has 0 saturated carbocycles. The molecule has 0 aromatic heterocycles. The van der Waals surface area contributed by atoms with Crippen LogP contribution in [0.15, 0.2) is 48.5 Å². The fourth-order valence-corrected chi connectivity index (χ4v) is 3.38. The molecule has 2 N–H and O–H groups in total. The molecule has 0 atom stereocenters. The molecule has 1 aliphatic heterocycles. The molecular formula is C20H17ClF3N3O3. The average Bonchev–Trinajstić information content (AvgIpc) is 2.71. The van der Waals surface area contributed by atoms with Gasteiger partial charge in [0.25, 0.3) is 5.91 Å². The van der Waals surface area contributed by atoms with Gasteiger partial charge in [-0.3, -0.25) is 14.8 Å². The predicted octanol–water partition coefficient (Wildman–Crippen LogP) is 3.73. The maximum absolute atomic E-state index is 13.1. The highest BCUT2D eigenvalue weighted by molar-refractivity contribution is 6.31. The quantitative estimate of drug-likeness (QED) is 0.432. The van der Waals surface area contributed by atoms with Crippen molar-refractivity contribution in [1.29, 1.82) is 0 Å². The molecule has 1 saturated heterocycles. The second-order valence-electron chi connectivity index (χ2n) is 6.50. The Morgan fingerprint density at radius 2 is 1.90 bits per heavy atom. The molecule has 6 nitrogen and oxygen atoms in total. The van der Waals surface area contributed by atoms with Crippen LogP contribution in [0.25, 0.3) is 6.08 Å². The van der Waals surface area contributed by atoms with Gasteiger partial charge in [-0.05, 0) is 35.9 Å². The lowest BCUT2D eigenvalue weighted by molar-refractivity contribution is -0.137. The minimum Gasteiger partial charge on any atom is -0.360 e. The van der Waals surface area contributed by atoms with Crippen molar-refractivity contribution in [3.63, 3.8) is 0 Å². The van der Waals surface area contributed by atoms with Crippen LogP contribution in [-0.4, -0.2) is 36.7 Å². The van der Waals surface area contributed by atoms with Gasteiger partial charge in [-0.15, -0.1) is 0 Å². The number of alkyl halides is 3. The number of benzene rings is 2. The Labute approximate surface area is 175 Å². The smallest absolute Gasteiger partial charge is 0.360 e. The van der Waals surface area contributed by atoms with E-state index in [4.69, 9.17) is 16.8 Å². The van der Waals surface area contributed by atoms with Crippen molar-refractivity contribution < 1.29 is 28.0 Å². The molecule has 0 bridgehead atoms. The Hall–Kier alpha value is -3.04. The number of piperazine rings is 1. The van der Waals surface area contributed by atoms with E-state index in [0.29, 0.717) is 17.8 Å². The van der Waals surface area contributed by atoms with E-state index in [2.05, 4.69) is 0 Å². The third-order valence-electron chi connectivity index (χ3n) is 4.59. The van der Waals surface area contributed by atoms with Crippen LogP contribution in [0.5, 0.6) is 0 Å². The van der Waals surface area contributed by atoms with Crippen molar-refractivity contribution in [3.8, 4) is 0 Å². The van der Waals surface area contributed by atoms with Gasteiger partial charge in [-0.2, -0.15) is 13.2 Å². The van der Waals surface area contributed by atoms with Gasteiger partial charge in [-0.25, -0.2) is 5.48 Å². The maximum atomic E-state index is 13.1. The zero-order valence-electron chi connectivity index (χ0n) is 15.5. The third-order valence-corrected chi connectivity index (χ3v) is 4.92. The molecule has 0 unspecified atom stereocenters. The fourth-order valence-electron chi connectivity index (χ4n) is 3.15. The van der Waals surface area contributed by atoms with Crippen LogP contribution >= 0.6 is 11.6 Å². The normalized spacial score (nSPS) is 15.0. The van der Waals surface area contributed by atoms with Crippen LogP contribution in [0.1, 0.15) is 11.1 Å². The van der Waals surface area contributed by atoms with Crippen molar-refractivity contribution in [3.05, 3.63) is 64.7 Å². The largest absolute Gasteiger partial charge is 0.417 e. The summed E-state index contributed by atoms with van der Waals surface area (Å²) in [7, 11) is 0. The van der Waals surface area contributed by atoms with E-state index in [1.807, 2.05) is 0 Å². The summed E-state index contributed by atoms with van der Waals surface area (Å²) in [6.07, 6.45) is -2.02. The molecule has 0 aliphatic carbocycles. The van der Waals surface area contributed by atoms with E-state index < -0.39 is 22.7 Å². The van der Waals surface area contributed by atoms with Crippen LogP contribution in [0.4, 0.5) is 24.5 Å². The first-order valence-electron chi connectivity index (χ1n) is 8.84. The summed E-state index contributed by atoms with van der Waals surface area (Å²) in [5.41, 5.74) is 1.92. The summed E-state index contributed by atoms with van der Waals surface area (Å²) in [4.78, 5) is 27.1. The zero-order valence-corrected chi connectivity index (χ0v) is 16.2. The van der Waals surface area contributed by atoms with E-state index in [0.717, 1.165) is 12.1 Å². The Morgan fingerprint density at radius 1 is 1.17 bits per heavy atom. The number of hydroxylamine groups is 1. The molecule has 30 heavy (non-hydrogen) atoms. The molecule has 1 fully saturated rings. The molecule has 2 aromatic carbocycles. The number of nitrogens with one attached hydrogen (secondary N) is 1. The Morgan fingerprint density at radius 3 is 2.57 bits per heavy atom. The second kappa shape index (κ2) is 8.76. The van der Waals surface area contributed by atoms with Gasteiger partial charge in [0, 0.05) is 24.9 Å². The molecule has 1 aliphatic rings. The summed E-state index contributed by atoms with van der Waals surface area (Å²) in [6.45, 7) is 0.424. The number of hydrogen-bond acceptors (Lipinski definition) is 4. The number of nitrogens with zero attached hydrogens (tertiary/aromatic N) is 2. The number of anilines is 2. The first-order valence-corrected chi connectivity index (χ1v) is 9.21. The van der Waals surface area contributed by atoms with Gasteiger partial charge in [0.05, 0.1) is 22.8 Å². The Balaban J connectivity index is 1.81. The monoisotopic (exact) mass is 439 g/mol. The number of rotatable bonds is 4. The highest BCUT2D eigenvalue weighted by Gasteiger charge is 2.34. The zero-order chi connectivity index (χ0) is 21.9. The molecule has 2 amide bonds. The molecule has 0 spiro atoms.